The Morgan fingerprint density at radius 3 is 2.76 bits per heavy atom. The highest BCUT2D eigenvalue weighted by atomic mass is 16.3. The van der Waals surface area contributed by atoms with Crippen molar-refractivity contribution in [1.82, 2.24) is 10.3 Å². The van der Waals surface area contributed by atoms with Crippen molar-refractivity contribution in [3.63, 3.8) is 0 Å². The van der Waals surface area contributed by atoms with Gasteiger partial charge in [-0.2, -0.15) is 0 Å². The highest BCUT2D eigenvalue weighted by Crippen LogP contribution is 2.10. The Hall–Kier alpha value is -1.62. The maximum absolute atomic E-state index is 11.7. The zero-order valence-electron chi connectivity index (χ0n) is 10.1. The Morgan fingerprint density at radius 2 is 2.24 bits per heavy atom. The zero-order chi connectivity index (χ0) is 12.9. The zero-order valence-corrected chi connectivity index (χ0v) is 10.1. The van der Waals surface area contributed by atoms with Crippen LogP contribution < -0.4 is 10.9 Å². The summed E-state index contributed by atoms with van der Waals surface area (Å²) in [5, 5.41) is 12.5. The summed E-state index contributed by atoms with van der Waals surface area (Å²) >= 11 is 0. The summed E-state index contributed by atoms with van der Waals surface area (Å²) in [7, 11) is 0. The summed E-state index contributed by atoms with van der Waals surface area (Å²) in [5.41, 5.74) is -0.775. The molecule has 1 amide bonds. The van der Waals surface area contributed by atoms with Gasteiger partial charge >= 0.3 is 0 Å². The Balaban J connectivity index is 2.55. The van der Waals surface area contributed by atoms with E-state index >= 15 is 0 Å². The van der Waals surface area contributed by atoms with Gasteiger partial charge in [0, 0.05) is 18.8 Å². The molecule has 1 rings (SSSR count). The number of nitrogens with one attached hydrogen (secondary N) is 2. The molecule has 0 aliphatic carbocycles. The first-order chi connectivity index (χ1) is 7.94. The summed E-state index contributed by atoms with van der Waals surface area (Å²) in [5.74, 6) is -0.308. The normalized spacial score (nSPS) is 14.1. The van der Waals surface area contributed by atoms with Crippen molar-refractivity contribution in [2.24, 2.45) is 0 Å². The van der Waals surface area contributed by atoms with E-state index in [1.54, 1.807) is 6.92 Å². The minimum atomic E-state index is -0.896. The molecule has 0 aliphatic rings. The molecule has 3 N–H and O–H groups in total. The number of aliphatic hydroxyl groups is 1. The van der Waals surface area contributed by atoms with Gasteiger partial charge in [0.1, 0.15) is 0 Å². The van der Waals surface area contributed by atoms with Crippen LogP contribution in [0.25, 0.3) is 0 Å². The number of carbonyl (C=O) groups is 1. The quantitative estimate of drug-likeness (QED) is 0.704. The third-order valence-corrected chi connectivity index (χ3v) is 2.46. The molecule has 94 valence electrons. The number of hydrogen-bond acceptors (Lipinski definition) is 3. The largest absolute Gasteiger partial charge is 0.388 e. The number of aromatic amines is 1. The number of carbonyl (C=O) groups excluding carboxylic acids is 1. The molecule has 0 fully saturated rings. The first-order valence-electron chi connectivity index (χ1n) is 5.64. The second kappa shape index (κ2) is 5.63. The lowest BCUT2D eigenvalue weighted by Gasteiger charge is -2.22. The van der Waals surface area contributed by atoms with Gasteiger partial charge in [0.2, 0.25) is 5.56 Å². The van der Waals surface area contributed by atoms with Crippen LogP contribution >= 0.6 is 0 Å². The van der Waals surface area contributed by atoms with Gasteiger partial charge in [-0.3, -0.25) is 9.59 Å². The number of amides is 1. The first kappa shape index (κ1) is 13.4. The number of rotatable bonds is 5. The maximum Gasteiger partial charge on any atom is 0.252 e. The summed E-state index contributed by atoms with van der Waals surface area (Å²) in [6.45, 7) is 3.85. The van der Waals surface area contributed by atoms with Gasteiger partial charge in [-0.05, 0) is 19.4 Å². The van der Waals surface area contributed by atoms with E-state index in [1.807, 2.05) is 6.92 Å². The fourth-order valence-electron chi connectivity index (χ4n) is 1.55. The Bertz CT molecular complexity index is 417. The fraction of sp³-hybridized carbons (Fsp3) is 0.500. The molecule has 0 aliphatic heterocycles. The van der Waals surface area contributed by atoms with Crippen LogP contribution in [-0.4, -0.2) is 28.1 Å². The van der Waals surface area contributed by atoms with Gasteiger partial charge in [0.15, 0.2) is 0 Å². The van der Waals surface area contributed by atoms with Crippen LogP contribution in [0.3, 0.4) is 0 Å². The third-order valence-electron chi connectivity index (χ3n) is 2.46. The number of H-pyrrole nitrogens is 1. The molecular formula is C12H18N2O3. The number of hydrogen-bond donors (Lipinski definition) is 3. The highest BCUT2D eigenvalue weighted by Gasteiger charge is 2.20. The minimum Gasteiger partial charge on any atom is -0.388 e. The van der Waals surface area contributed by atoms with E-state index < -0.39 is 5.60 Å². The van der Waals surface area contributed by atoms with E-state index in [9.17, 15) is 14.7 Å². The molecule has 0 saturated heterocycles. The molecule has 0 spiro atoms. The Labute approximate surface area is 99.9 Å². The molecule has 0 aromatic carbocycles. The van der Waals surface area contributed by atoms with E-state index in [0.717, 1.165) is 6.42 Å². The second-order valence-corrected chi connectivity index (χ2v) is 4.37. The van der Waals surface area contributed by atoms with Crippen LogP contribution in [0.4, 0.5) is 0 Å². The predicted molar refractivity (Wildman–Crippen MR) is 64.9 cm³/mol. The average Bonchev–Trinajstić information content (AvgIpc) is 2.27. The van der Waals surface area contributed by atoms with E-state index in [4.69, 9.17) is 0 Å². The van der Waals surface area contributed by atoms with Gasteiger partial charge in [0.05, 0.1) is 11.2 Å². The minimum absolute atomic E-state index is 0.193. The van der Waals surface area contributed by atoms with Gasteiger partial charge < -0.3 is 15.4 Å². The monoisotopic (exact) mass is 238 g/mol. The van der Waals surface area contributed by atoms with Crippen molar-refractivity contribution < 1.29 is 9.90 Å². The molecule has 1 atom stereocenters. The van der Waals surface area contributed by atoms with Crippen molar-refractivity contribution in [3.8, 4) is 0 Å². The van der Waals surface area contributed by atoms with Gasteiger partial charge in [-0.1, -0.05) is 13.3 Å². The fourth-order valence-corrected chi connectivity index (χ4v) is 1.55. The topological polar surface area (TPSA) is 82.2 Å². The van der Waals surface area contributed by atoms with Crippen LogP contribution in [0.5, 0.6) is 0 Å². The smallest absolute Gasteiger partial charge is 0.252 e. The summed E-state index contributed by atoms with van der Waals surface area (Å²) in [6.07, 6.45) is 2.83. The molecule has 1 heterocycles. The van der Waals surface area contributed by atoms with Crippen LogP contribution in [-0.2, 0) is 0 Å². The molecule has 0 bridgehead atoms. The van der Waals surface area contributed by atoms with Crippen molar-refractivity contribution in [1.29, 1.82) is 0 Å². The Kier molecular flexibility index (Phi) is 4.45. The standard InChI is InChI=1S/C12H18N2O3/c1-3-6-12(2,17)8-14-11(16)9-4-5-10(15)13-7-9/h4-5,7,17H,3,6,8H2,1-2H3,(H,13,15)(H,14,16). The lowest BCUT2D eigenvalue weighted by atomic mass is 10.0. The van der Waals surface area contributed by atoms with Crippen molar-refractivity contribution in [3.05, 3.63) is 34.2 Å². The van der Waals surface area contributed by atoms with Crippen LogP contribution in [0.15, 0.2) is 23.1 Å². The molecule has 1 aromatic heterocycles. The SMILES string of the molecule is CCCC(C)(O)CNC(=O)c1ccc(=O)[nH]c1. The van der Waals surface area contributed by atoms with Crippen molar-refractivity contribution in [2.75, 3.05) is 6.54 Å². The molecule has 5 heteroatoms. The third kappa shape index (κ3) is 4.40. The average molecular weight is 238 g/mol. The van der Waals surface area contributed by atoms with Gasteiger partial charge in [-0.25, -0.2) is 0 Å². The molecule has 1 unspecified atom stereocenters. The van der Waals surface area contributed by atoms with E-state index in [2.05, 4.69) is 10.3 Å². The molecule has 0 radical (unpaired) electrons. The summed E-state index contributed by atoms with van der Waals surface area (Å²) < 4.78 is 0. The molecule has 1 aromatic rings. The van der Waals surface area contributed by atoms with Crippen molar-refractivity contribution in [2.45, 2.75) is 32.3 Å². The van der Waals surface area contributed by atoms with Crippen LogP contribution in [0.1, 0.15) is 37.0 Å². The molecule has 17 heavy (non-hydrogen) atoms. The summed E-state index contributed by atoms with van der Waals surface area (Å²) in [6, 6.07) is 2.74. The number of pyridine rings is 1. The predicted octanol–water partition coefficient (Wildman–Crippen LogP) is 0.656. The molecule has 5 nitrogen and oxygen atoms in total. The van der Waals surface area contributed by atoms with Crippen molar-refractivity contribution >= 4 is 5.91 Å². The maximum atomic E-state index is 11.7. The molecular weight excluding hydrogens is 220 g/mol. The van der Waals surface area contributed by atoms with E-state index in [1.165, 1.54) is 18.3 Å². The first-order valence-corrected chi connectivity index (χ1v) is 5.64. The van der Waals surface area contributed by atoms with E-state index in [0.29, 0.717) is 12.0 Å². The Morgan fingerprint density at radius 1 is 1.53 bits per heavy atom. The second-order valence-electron chi connectivity index (χ2n) is 4.37. The van der Waals surface area contributed by atoms with Gasteiger partial charge in [-0.15, -0.1) is 0 Å². The highest BCUT2D eigenvalue weighted by molar-refractivity contribution is 5.93. The lowest BCUT2D eigenvalue weighted by molar-refractivity contribution is 0.0469. The molecule has 0 saturated carbocycles. The van der Waals surface area contributed by atoms with E-state index in [-0.39, 0.29) is 18.0 Å². The van der Waals surface area contributed by atoms with Crippen LogP contribution in [0, 0.1) is 0 Å². The summed E-state index contributed by atoms with van der Waals surface area (Å²) in [4.78, 5) is 24.9. The van der Waals surface area contributed by atoms with Crippen LogP contribution in [0.2, 0.25) is 0 Å². The number of aromatic nitrogens is 1. The lowest BCUT2D eigenvalue weighted by Crippen LogP contribution is -2.40. The van der Waals surface area contributed by atoms with Gasteiger partial charge in [0.25, 0.3) is 5.91 Å².